The van der Waals surface area contributed by atoms with Gasteiger partial charge in [-0.25, -0.2) is 13.4 Å². The number of amides is 1. The highest BCUT2D eigenvalue weighted by Gasteiger charge is 2.25. The quantitative estimate of drug-likeness (QED) is 0.275. The van der Waals surface area contributed by atoms with Gasteiger partial charge in [0.05, 0.1) is 14.6 Å². The van der Waals surface area contributed by atoms with Gasteiger partial charge in [0, 0.05) is 25.2 Å². The first kappa shape index (κ1) is 30.5. The number of sulfonamides is 1. The molecule has 0 bridgehead atoms. The number of fused-ring (bicyclic) bond motifs is 1. The van der Waals surface area contributed by atoms with E-state index >= 15 is 0 Å². The van der Waals surface area contributed by atoms with E-state index in [4.69, 9.17) is 11.6 Å². The van der Waals surface area contributed by atoms with Crippen LogP contribution in [0.5, 0.6) is 0 Å². The van der Waals surface area contributed by atoms with Gasteiger partial charge in [0.25, 0.3) is 5.91 Å². The lowest BCUT2D eigenvalue weighted by atomic mass is 10.2. The number of hydrogen-bond donors (Lipinski definition) is 0. The standard InChI is InChI=1S/C25H33ClN4O3S2.ClH/c1-5-7-17-29(6-2)35(32,33)20-14-12-19(13-15-20)24(31)30(18-9-16-28(3)4)25-27-23-21(26)10-8-11-22(23)34-25;/h8,10-15H,5-7,9,16-18H2,1-4H3;1H. The Morgan fingerprint density at radius 1 is 1.00 bits per heavy atom. The smallest absolute Gasteiger partial charge is 0.260 e. The number of rotatable bonds is 12. The van der Waals surface area contributed by atoms with E-state index in [2.05, 4.69) is 9.88 Å². The number of halogens is 2. The molecule has 11 heteroatoms. The number of benzene rings is 2. The predicted molar refractivity (Wildman–Crippen MR) is 153 cm³/mol. The van der Waals surface area contributed by atoms with Gasteiger partial charge in [-0.3, -0.25) is 9.69 Å². The van der Waals surface area contributed by atoms with Crippen molar-refractivity contribution in [2.75, 3.05) is 45.2 Å². The van der Waals surface area contributed by atoms with Crippen LogP contribution in [-0.4, -0.2) is 68.8 Å². The van der Waals surface area contributed by atoms with E-state index in [1.165, 1.54) is 27.8 Å². The molecule has 0 N–H and O–H groups in total. The molecule has 3 rings (SSSR count). The second kappa shape index (κ2) is 13.7. The molecule has 1 amide bonds. The number of unbranched alkanes of at least 4 members (excludes halogenated alkanes) is 1. The fraction of sp³-hybridized carbons (Fsp3) is 0.440. The monoisotopic (exact) mass is 572 g/mol. The minimum Gasteiger partial charge on any atom is -0.309 e. The van der Waals surface area contributed by atoms with E-state index < -0.39 is 10.0 Å². The molecule has 7 nitrogen and oxygen atoms in total. The van der Waals surface area contributed by atoms with E-state index in [0.29, 0.717) is 40.9 Å². The first-order valence-electron chi connectivity index (χ1n) is 11.8. The molecule has 198 valence electrons. The van der Waals surface area contributed by atoms with Gasteiger partial charge in [-0.15, -0.1) is 12.4 Å². The van der Waals surface area contributed by atoms with Crippen molar-refractivity contribution in [1.82, 2.24) is 14.2 Å². The van der Waals surface area contributed by atoms with Crippen molar-refractivity contribution in [2.24, 2.45) is 0 Å². The molecule has 0 fully saturated rings. The van der Waals surface area contributed by atoms with Crippen molar-refractivity contribution < 1.29 is 13.2 Å². The number of aromatic nitrogens is 1. The normalized spacial score (nSPS) is 11.8. The summed E-state index contributed by atoms with van der Waals surface area (Å²) in [7, 11) is 0.372. The maximum Gasteiger partial charge on any atom is 0.260 e. The highest BCUT2D eigenvalue weighted by molar-refractivity contribution is 7.89. The zero-order valence-corrected chi connectivity index (χ0v) is 24.3. The second-order valence-corrected chi connectivity index (χ2v) is 11.9. The first-order valence-corrected chi connectivity index (χ1v) is 14.4. The number of hydrogen-bond acceptors (Lipinski definition) is 6. The number of carbonyl (C=O) groups excluding carboxylic acids is 1. The molecule has 0 aliphatic rings. The molecule has 3 aromatic rings. The van der Waals surface area contributed by atoms with Crippen LogP contribution < -0.4 is 4.90 Å². The zero-order chi connectivity index (χ0) is 25.6. The third-order valence-corrected chi connectivity index (χ3v) is 9.01. The van der Waals surface area contributed by atoms with Gasteiger partial charge in [0.1, 0.15) is 5.52 Å². The third kappa shape index (κ3) is 7.18. The molecule has 1 aromatic heterocycles. The largest absolute Gasteiger partial charge is 0.309 e. The Balaban J connectivity index is 0.00000456. The summed E-state index contributed by atoms with van der Waals surface area (Å²) in [4.78, 5) is 22.1. The third-order valence-electron chi connectivity index (χ3n) is 5.67. The van der Waals surface area contributed by atoms with E-state index in [9.17, 15) is 13.2 Å². The van der Waals surface area contributed by atoms with Crippen molar-refractivity contribution in [2.45, 2.75) is 38.0 Å². The molecule has 0 unspecified atom stereocenters. The lowest BCUT2D eigenvalue weighted by Gasteiger charge is -2.22. The van der Waals surface area contributed by atoms with Crippen LogP contribution in [-0.2, 0) is 10.0 Å². The van der Waals surface area contributed by atoms with Gasteiger partial charge in [0.2, 0.25) is 10.0 Å². The SMILES string of the molecule is CCCCN(CC)S(=O)(=O)c1ccc(C(=O)N(CCCN(C)C)c2nc3c(Cl)cccc3s2)cc1.Cl. The molecule has 0 radical (unpaired) electrons. The van der Waals surface area contributed by atoms with E-state index in [0.717, 1.165) is 30.5 Å². The number of thiazole rings is 1. The van der Waals surface area contributed by atoms with Crippen LogP contribution in [0.3, 0.4) is 0 Å². The van der Waals surface area contributed by atoms with Gasteiger partial charge in [-0.05, 0) is 69.9 Å². The van der Waals surface area contributed by atoms with Crippen LogP contribution in [0.4, 0.5) is 5.13 Å². The summed E-state index contributed by atoms with van der Waals surface area (Å²) in [6.07, 6.45) is 2.48. The number of carbonyl (C=O) groups is 1. The van der Waals surface area contributed by atoms with Crippen molar-refractivity contribution in [1.29, 1.82) is 0 Å². The lowest BCUT2D eigenvalue weighted by Crippen LogP contribution is -2.34. The summed E-state index contributed by atoms with van der Waals surface area (Å²) in [5.74, 6) is -0.221. The van der Waals surface area contributed by atoms with Crippen molar-refractivity contribution >= 4 is 66.6 Å². The maximum absolute atomic E-state index is 13.6. The average molecular weight is 574 g/mol. The van der Waals surface area contributed by atoms with Gasteiger partial charge >= 0.3 is 0 Å². The Morgan fingerprint density at radius 3 is 2.28 bits per heavy atom. The number of anilines is 1. The molecular formula is C25H34Cl2N4O3S2. The van der Waals surface area contributed by atoms with Gasteiger partial charge in [-0.1, -0.05) is 49.3 Å². The Labute approximate surface area is 229 Å². The van der Waals surface area contributed by atoms with E-state index in [1.807, 2.05) is 40.1 Å². The van der Waals surface area contributed by atoms with E-state index in [-0.39, 0.29) is 23.2 Å². The molecule has 0 aliphatic carbocycles. The summed E-state index contributed by atoms with van der Waals surface area (Å²) >= 11 is 7.74. The average Bonchev–Trinajstić information content (AvgIpc) is 3.27. The van der Waals surface area contributed by atoms with Crippen LogP contribution in [0, 0.1) is 0 Å². The Bertz CT molecular complexity index is 1250. The Morgan fingerprint density at radius 2 is 1.69 bits per heavy atom. The summed E-state index contributed by atoms with van der Waals surface area (Å²) in [5, 5.41) is 1.12. The van der Waals surface area contributed by atoms with Crippen molar-refractivity contribution in [3.8, 4) is 0 Å². The Hall–Kier alpha value is -1.75. The zero-order valence-electron chi connectivity index (χ0n) is 21.1. The van der Waals surface area contributed by atoms with Gasteiger partial charge < -0.3 is 4.90 Å². The molecule has 0 aliphatic heterocycles. The van der Waals surface area contributed by atoms with Crippen LogP contribution in [0.1, 0.15) is 43.5 Å². The number of nitrogens with zero attached hydrogens (tertiary/aromatic N) is 4. The Kier molecular flexibility index (Phi) is 11.6. The summed E-state index contributed by atoms with van der Waals surface area (Å²) in [5.41, 5.74) is 1.09. The summed E-state index contributed by atoms with van der Waals surface area (Å²) in [6.45, 7) is 6.05. The molecule has 36 heavy (non-hydrogen) atoms. The van der Waals surface area contributed by atoms with Crippen molar-refractivity contribution in [3.05, 3.63) is 53.1 Å². The highest BCUT2D eigenvalue weighted by atomic mass is 35.5. The van der Waals surface area contributed by atoms with Crippen LogP contribution >= 0.6 is 35.3 Å². The van der Waals surface area contributed by atoms with E-state index in [1.54, 1.807) is 23.1 Å². The molecule has 0 spiro atoms. The molecule has 2 aromatic carbocycles. The summed E-state index contributed by atoms with van der Waals surface area (Å²) < 4.78 is 28.5. The minimum atomic E-state index is -3.61. The van der Waals surface area contributed by atoms with Crippen LogP contribution in [0.2, 0.25) is 5.02 Å². The predicted octanol–water partition coefficient (Wildman–Crippen LogP) is 5.78. The van der Waals surface area contributed by atoms with Crippen LogP contribution in [0.25, 0.3) is 10.2 Å². The molecular weight excluding hydrogens is 539 g/mol. The van der Waals surface area contributed by atoms with Crippen molar-refractivity contribution in [3.63, 3.8) is 0 Å². The first-order chi connectivity index (χ1) is 16.7. The molecule has 0 saturated carbocycles. The fourth-order valence-electron chi connectivity index (χ4n) is 3.70. The van der Waals surface area contributed by atoms with Gasteiger partial charge in [-0.2, -0.15) is 4.31 Å². The minimum absolute atomic E-state index is 0. The second-order valence-electron chi connectivity index (χ2n) is 8.57. The topological polar surface area (TPSA) is 73.8 Å². The lowest BCUT2D eigenvalue weighted by molar-refractivity contribution is 0.0986. The number of para-hydroxylation sites is 1. The highest BCUT2D eigenvalue weighted by Crippen LogP contribution is 2.33. The fourth-order valence-corrected chi connectivity index (χ4v) is 6.48. The molecule has 1 heterocycles. The molecule has 0 saturated heterocycles. The van der Waals surface area contributed by atoms with Gasteiger partial charge in [0.15, 0.2) is 5.13 Å². The molecule has 0 atom stereocenters. The van der Waals surface area contributed by atoms with Crippen LogP contribution in [0.15, 0.2) is 47.4 Å². The maximum atomic E-state index is 13.6. The summed E-state index contributed by atoms with van der Waals surface area (Å²) in [6, 6.07) is 11.8.